The standard InChI is InChI=1S/C17H21NO5/c1-7-3-4-9-5-11(19)12(20)6-10(9)13(7)16(22)14-15(21)8(2)18-17(14)23/h3-4,7-10,12-13,20,22H,5-6H2,1-2H3,(H,18,23)/b16-14-/t7-,8+,9-,10-,12+,13-/m1/s1. The third-order valence-corrected chi connectivity index (χ3v) is 5.33. The lowest BCUT2D eigenvalue weighted by Gasteiger charge is -2.42. The lowest BCUT2D eigenvalue weighted by Crippen LogP contribution is -2.42. The molecule has 6 nitrogen and oxygen atoms in total. The van der Waals surface area contributed by atoms with Gasteiger partial charge in [0, 0.05) is 12.3 Å². The number of Topliss-reactive ketones (excluding diaryl/α,β-unsaturated/α-hetero) is 2. The quantitative estimate of drug-likeness (QED) is 0.285. The first-order valence-electron chi connectivity index (χ1n) is 7.98. The molecule has 0 spiro atoms. The molecule has 1 aliphatic heterocycles. The van der Waals surface area contributed by atoms with E-state index in [4.69, 9.17) is 0 Å². The molecule has 0 aromatic rings. The van der Waals surface area contributed by atoms with Crippen LogP contribution in [0.5, 0.6) is 0 Å². The number of aliphatic hydroxyl groups excluding tert-OH is 2. The second-order valence-corrected chi connectivity index (χ2v) is 6.84. The molecule has 2 fully saturated rings. The van der Waals surface area contributed by atoms with Gasteiger partial charge in [-0.25, -0.2) is 0 Å². The van der Waals surface area contributed by atoms with E-state index in [9.17, 15) is 24.6 Å². The summed E-state index contributed by atoms with van der Waals surface area (Å²) in [5.74, 6) is -2.11. The zero-order chi connectivity index (χ0) is 16.9. The molecule has 3 aliphatic rings. The second-order valence-electron chi connectivity index (χ2n) is 6.84. The van der Waals surface area contributed by atoms with Crippen LogP contribution in [0.15, 0.2) is 23.5 Å². The van der Waals surface area contributed by atoms with Gasteiger partial charge in [0.2, 0.25) is 0 Å². The van der Waals surface area contributed by atoms with Crippen LogP contribution in [-0.2, 0) is 14.4 Å². The summed E-state index contributed by atoms with van der Waals surface area (Å²) in [6.07, 6.45) is 3.29. The van der Waals surface area contributed by atoms with E-state index in [0.717, 1.165) is 0 Å². The van der Waals surface area contributed by atoms with Crippen LogP contribution < -0.4 is 5.32 Å². The van der Waals surface area contributed by atoms with Crippen molar-refractivity contribution in [1.82, 2.24) is 5.32 Å². The number of nitrogens with one attached hydrogen (secondary N) is 1. The van der Waals surface area contributed by atoms with Gasteiger partial charge in [-0.1, -0.05) is 19.1 Å². The Hall–Kier alpha value is -1.95. The van der Waals surface area contributed by atoms with E-state index in [1.54, 1.807) is 6.92 Å². The molecule has 3 rings (SSSR count). The van der Waals surface area contributed by atoms with Crippen molar-refractivity contribution in [3.05, 3.63) is 23.5 Å². The SMILES string of the molecule is C[C@@H]1NC(=O)/C(=C(\O)[C@H]2[C@@H]3C[C@H](O)C(=O)C[C@H]3C=C[C@H]2C)C1=O. The molecule has 1 saturated carbocycles. The summed E-state index contributed by atoms with van der Waals surface area (Å²) < 4.78 is 0. The van der Waals surface area contributed by atoms with E-state index in [1.807, 2.05) is 19.1 Å². The molecule has 124 valence electrons. The van der Waals surface area contributed by atoms with Crippen molar-refractivity contribution in [3.8, 4) is 0 Å². The molecule has 0 aromatic carbocycles. The highest BCUT2D eigenvalue weighted by Gasteiger charge is 2.46. The smallest absolute Gasteiger partial charge is 0.259 e. The number of rotatable bonds is 1. The minimum Gasteiger partial charge on any atom is -0.511 e. The fourth-order valence-electron chi connectivity index (χ4n) is 4.06. The molecule has 0 unspecified atom stereocenters. The van der Waals surface area contributed by atoms with Crippen LogP contribution in [0, 0.1) is 23.7 Å². The van der Waals surface area contributed by atoms with Crippen molar-refractivity contribution in [2.45, 2.75) is 38.8 Å². The molecule has 6 atom stereocenters. The van der Waals surface area contributed by atoms with E-state index in [0.29, 0.717) is 0 Å². The van der Waals surface area contributed by atoms with Crippen molar-refractivity contribution in [1.29, 1.82) is 0 Å². The largest absolute Gasteiger partial charge is 0.511 e. The molecule has 1 amide bonds. The number of allylic oxidation sites excluding steroid dienone is 3. The van der Waals surface area contributed by atoms with E-state index >= 15 is 0 Å². The zero-order valence-electron chi connectivity index (χ0n) is 13.2. The van der Waals surface area contributed by atoms with Gasteiger partial charge in [0.1, 0.15) is 17.4 Å². The summed E-state index contributed by atoms with van der Waals surface area (Å²) in [6, 6.07) is -0.636. The van der Waals surface area contributed by atoms with E-state index in [2.05, 4.69) is 5.32 Å². The summed E-state index contributed by atoms with van der Waals surface area (Å²) in [5.41, 5.74) is -0.171. The van der Waals surface area contributed by atoms with Crippen molar-refractivity contribution in [2.75, 3.05) is 0 Å². The Labute approximate surface area is 134 Å². The molecule has 0 radical (unpaired) electrons. The first kappa shape index (κ1) is 15.9. The lowest BCUT2D eigenvalue weighted by molar-refractivity contribution is -0.133. The summed E-state index contributed by atoms with van der Waals surface area (Å²) in [5, 5.41) is 23.1. The van der Waals surface area contributed by atoms with Crippen molar-refractivity contribution < 1.29 is 24.6 Å². The highest BCUT2D eigenvalue weighted by Crippen LogP contribution is 2.45. The fraction of sp³-hybridized carbons (Fsp3) is 0.588. The average molecular weight is 319 g/mol. The van der Waals surface area contributed by atoms with Crippen molar-refractivity contribution in [3.63, 3.8) is 0 Å². The lowest BCUT2D eigenvalue weighted by atomic mass is 9.63. The monoisotopic (exact) mass is 319 g/mol. The van der Waals surface area contributed by atoms with Gasteiger partial charge in [0.25, 0.3) is 5.91 Å². The van der Waals surface area contributed by atoms with Crippen LogP contribution in [0.3, 0.4) is 0 Å². The predicted octanol–water partition coefficient (Wildman–Crippen LogP) is 0.664. The third kappa shape index (κ3) is 2.51. The molecule has 2 aliphatic carbocycles. The van der Waals surface area contributed by atoms with Crippen LogP contribution in [-0.4, -0.2) is 39.8 Å². The maximum atomic E-state index is 12.2. The first-order chi connectivity index (χ1) is 10.8. The average Bonchev–Trinajstić information content (AvgIpc) is 2.73. The van der Waals surface area contributed by atoms with Crippen molar-refractivity contribution >= 4 is 17.5 Å². The number of amides is 1. The maximum Gasteiger partial charge on any atom is 0.259 e. The number of hydrogen-bond acceptors (Lipinski definition) is 5. The van der Waals surface area contributed by atoms with Crippen LogP contribution >= 0.6 is 0 Å². The Morgan fingerprint density at radius 3 is 2.52 bits per heavy atom. The number of fused-ring (bicyclic) bond motifs is 1. The number of ketones is 2. The molecule has 23 heavy (non-hydrogen) atoms. The zero-order valence-corrected chi connectivity index (χ0v) is 13.2. The minimum atomic E-state index is -1.04. The van der Waals surface area contributed by atoms with Gasteiger partial charge in [0.05, 0.1) is 6.04 Å². The molecule has 0 bridgehead atoms. The Balaban J connectivity index is 2.00. The normalized spacial score (nSPS) is 42.5. The van der Waals surface area contributed by atoms with Crippen LogP contribution in [0.2, 0.25) is 0 Å². The second kappa shape index (κ2) is 5.60. The fourth-order valence-corrected chi connectivity index (χ4v) is 4.06. The number of carbonyl (C=O) groups excluding carboxylic acids is 3. The molecule has 1 heterocycles. The topological polar surface area (TPSA) is 104 Å². The first-order valence-corrected chi connectivity index (χ1v) is 7.98. The maximum absolute atomic E-state index is 12.2. The van der Waals surface area contributed by atoms with Crippen molar-refractivity contribution in [2.24, 2.45) is 23.7 Å². The molecule has 0 aromatic heterocycles. The van der Waals surface area contributed by atoms with Gasteiger partial charge in [-0.2, -0.15) is 0 Å². The number of aliphatic hydroxyl groups is 2. The number of carbonyl (C=O) groups is 3. The Bertz CT molecular complexity index is 635. The third-order valence-electron chi connectivity index (χ3n) is 5.33. The molecule has 3 N–H and O–H groups in total. The van der Waals surface area contributed by atoms with Gasteiger partial charge in [-0.15, -0.1) is 0 Å². The molecular formula is C17H21NO5. The minimum absolute atomic E-state index is 0.0770. The van der Waals surface area contributed by atoms with Gasteiger partial charge in [0.15, 0.2) is 11.6 Å². The summed E-state index contributed by atoms with van der Waals surface area (Å²) in [7, 11) is 0. The summed E-state index contributed by atoms with van der Waals surface area (Å²) in [6.45, 7) is 3.48. The molecular weight excluding hydrogens is 298 g/mol. The van der Waals surface area contributed by atoms with E-state index in [-0.39, 0.29) is 47.7 Å². The van der Waals surface area contributed by atoms with Crippen LogP contribution in [0.25, 0.3) is 0 Å². The highest BCUT2D eigenvalue weighted by molar-refractivity contribution is 6.26. The molecule has 1 saturated heterocycles. The van der Waals surface area contributed by atoms with Crippen LogP contribution in [0.4, 0.5) is 0 Å². The van der Waals surface area contributed by atoms with Crippen LogP contribution in [0.1, 0.15) is 26.7 Å². The Kier molecular flexibility index (Phi) is 3.88. The molecule has 6 heteroatoms. The van der Waals surface area contributed by atoms with Gasteiger partial charge in [-0.05, 0) is 31.1 Å². The summed E-state index contributed by atoms with van der Waals surface area (Å²) in [4.78, 5) is 35.9. The van der Waals surface area contributed by atoms with E-state index in [1.165, 1.54) is 0 Å². The highest BCUT2D eigenvalue weighted by atomic mass is 16.3. The predicted molar refractivity (Wildman–Crippen MR) is 81.3 cm³/mol. The Morgan fingerprint density at radius 1 is 1.22 bits per heavy atom. The van der Waals surface area contributed by atoms with Gasteiger partial charge >= 0.3 is 0 Å². The number of hydrogen-bond donors (Lipinski definition) is 3. The van der Waals surface area contributed by atoms with Gasteiger partial charge < -0.3 is 15.5 Å². The van der Waals surface area contributed by atoms with Gasteiger partial charge in [-0.3, -0.25) is 14.4 Å². The Morgan fingerprint density at radius 2 is 1.91 bits per heavy atom. The summed E-state index contributed by atoms with van der Waals surface area (Å²) >= 11 is 0. The van der Waals surface area contributed by atoms with E-state index < -0.39 is 29.8 Å².